The number of halogens is 3. The number of aromatic nitrogens is 2. The van der Waals surface area contributed by atoms with Gasteiger partial charge in [-0.1, -0.05) is 48.5 Å². The monoisotopic (exact) mass is 553 g/mol. The fourth-order valence-electron chi connectivity index (χ4n) is 4.74. The molecule has 0 bridgehead atoms. The largest absolute Gasteiger partial charge is 0.481 e. The Kier molecular flexibility index (Phi) is 8.89. The number of hydrogen-bond acceptors (Lipinski definition) is 4. The van der Waals surface area contributed by atoms with Crippen LogP contribution in [0.5, 0.6) is 0 Å². The molecule has 40 heavy (non-hydrogen) atoms. The molecule has 210 valence electrons. The Hall–Kier alpha value is -4.18. The van der Waals surface area contributed by atoms with Gasteiger partial charge in [-0.15, -0.1) is 0 Å². The first-order chi connectivity index (χ1) is 19.0. The number of aliphatic carboxylic acids is 1. The molecule has 2 aromatic carbocycles. The molecule has 2 aromatic heterocycles. The summed E-state index contributed by atoms with van der Waals surface area (Å²) in [5, 5.41) is 22.6. The standard InChI is InChI=1S/C30H30F3N3O4/c1-19(37)14-23(21-10-12-24(13-11-21)30(31,32)33)17-34-28(38)26-8-5-9-27-35-25(18-36(26)27)16-22(29(39)40)15-20-6-3-2-4-7-20/h2-13,18-19,22-23,37H,14-17H2,1H3,(H,34,38)(H,39,40). The van der Waals surface area contributed by atoms with Gasteiger partial charge in [0, 0.05) is 25.1 Å². The van der Waals surface area contributed by atoms with Crippen molar-refractivity contribution >= 4 is 17.5 Å². The normalized spacial score (nSPS) is 14.0. The maximum Gasteiger partial charge on any atom is 0.416 e. The van der Waals surface area contributed by atoms with Crippen molar-refractivity contribution in [3.8, 4) is 0 Å². The predicted molar refractivity (Wildman–Crippen MR) is 143 cm³/mol. The summed E-state index contributed by atoms with van der Waals surface area (Å²) in [7, 11) is 0. The van der Waals surface area contributed by atoms with E-state index in [0.717, 1.165) is 17.7 Å². The van der Waals surface area contributed by atoms with Crippen molar-refractivity contribution in [2.45, 2.75) is 44.4 Å². The van der Waals surface area contributed by atoms with Crippen molar-refractivity contribution in [2.24, 2.45) is 5.92 Å². The van der Waals surface area contributed by atoms with Gasteiger partial charge >= 0.3 is 12.1 Å². The molecule has 0 spiro atoms. The molecule has 3 unspecified atom stereocenters. The molecule has 0 aliphatic carbocycles. The van der Waals surface area contributed by atoms with E-state index in [4.69, 9.17) is 0 Å². The highest BCUT2D eigenvalue weighted by Gasteiger charge is 2.30. The lowest BCUT2D eigenvalue weighted by Crippen LogP contribution is -2.31. The molecule has 1 amide bonds. The SMILES string of the molecule is CC(O)CC(CNC(=O)c1cccc2nc(CC(Cc3ccccc3)C(=O)O)cn12)c1ccc(C(F)(F)F)cc1. The van der Waals surface area contributed by atoms with Crippen LogP contribution in [0.3, 0.4) is 0 Å². The third-order valence-corrected chi connectivity index (χ3v) is 6.75. The maximum absolute atomic E-state index is 13.2. The fraction of sp³-hybridized carbons (Fsp3) is 0.300. The number of aliphatic hydroxyl groups excluding tert-OH is 1. The van der Waals surface area contributed by atoms with E-state index in [1.807, 2.05) is 30.3 Å². The number of nitrogens with zero attached hydrogens (tertiary/aromatic N) is 2. The van der Waals surface area contributed by atoms with E-state index in [1.165, 1.54) is 12.1 Å². The van der Waals surface area contributed by atoms with Gasteiger partial charge in [-0.2, -0.15) is 13.2 Å². The number of carbonyl (C=O) groups excluding carboxylic acids is 1. The Bertz CT molecular complexity index is 1450. The van der Waals surface area contributed by atoms with Crippen LogP contribution in [-0.2, 0) is 23.8 Å². The summed E-state index contributed by atoms with van der Waals surface area (Å²) in [6, 6.07) is 19.0. The molecule has 0 saturated heterocycles. The van der Waals surface area contributed by atoms with Crippen molar-refractivity contribution in [2.75, 3.05) is 6.54 Å². The number of carboxylic acid groups (broad SMARTS) is 1. The second kappa shape index (κ2) is 12.3. The highest BCUT2D eigenvalue weighted by atomic mass is 19.4. The highest BCUT2D eigenvalue weighted by molar-refractivity contribution is 5.93. The molecule has 0 aliphatic rings. The van der Waals surface area contributed by atoms with Crippen LogP contribution >= 0.6 is 0 Å². The summed E-state index contributed by atoms with van der Waals surface area (Å²) in [5.41, 5.74) is 1.98. The van der Waals surface area contributed by atoms with Gasteiger partial charge in [0.05, 0.1) is 23.3 Å². The molecule has 0 radical (unpaired) electrons. The molecule has 2 heterocycles. The van der Waals surface area contributed by atoms with Gasteiger partial charge in [-0.3, -0.25) is 14.0 Å². The molecule has 0 saturated carbocycles. The second-order valence-electron chi connectivity index (χ2n) is 9.91. The number of imidazole rings is 1. The average molecular weight is 554 g/mol. The third kappa shape index (κ3) is 7.26. The number of aliphatic hydroxyl groups is 1. The quantitative estimate of drug-likeness (QED) is 0.239. The highest BCUT2D eigenvalue weighted by Crippen LogP contribution is 2.31. The van der Waals surface area contributed by atoms with E-state index >= 15 is 0 Å². The number of nitrogens with one attached hydrogen (secondary N) is 1. The third-order valence-electron chi connectivity index (χ3n) is 6.75. The Morgan fingerprint density at radius 2 is 1.68 bits per heavy atom. The zero-order valence-electron chi connectivity index (χ0n) is 21.8. The molecule has 0 fully saturated rings. The summed E-state index contributed by atoms with van der Waals surface area (Å²) < 4.78 is 40.5. The van der Waals surface area contributed by atoms with E-state index in [0.29, 0.717) is 23.3 Å². The van der Waals surface area contributed by atoms with Crippen LogP contribution in [0.2, 0.25) is 0 Å². The molecule has 3 atom stereocenters. The number of carboxylic acids is 1. The molecule has 0 aliphatic heterocycles. The molecule has 3 N–H and O–H groups in total. The minimum absolute atomic E-state index is 0.0885. The first kappa shape index (κ1) is 28.8. The van der Waals surface area contributed by atoms with Crippen molar-refractivity contribution in [1.29, 1.82) is 0 Å². The van der Waals surface area contributed by atoms with Crippen LogP contribution in [0.1, 0.15) is 52.1 Å². The number of benzene rings is 2. The Morgan fingerprint density at radius 1 is 0.975 bits per heavy atom. The molecule has 10 heteroatoms. The first-order valence-electron chi connectivity index (χ1n) is 12.9. The molecular weight excluding hydrogens is 523 g/mol. The average Bonchev–Trinajstić information content (AvgIpc) is 3.33. The zero-order valence-corrected chi connectivity index (χ0v) is 21.8. The molecule has 4 aromatic rings. The molecule has 4 rings (SSSR count). The van der Waals surface area contributed by atoms with Crippen LogP contribution in [0.25, 0.3) is 5.65 Å². The predicted octanol–water partition coefficient (Wildman–Crippen LogP) is 5.12. The van der Waals surface area contributed by atoms with Crippen LogP contribution in [0, 0.1) is 5.92 Å². The lowest BCUT2D eigenvalue weighted by molar-refractivity contribution is -0.141. The molecular formula is C30H30F3N3O4. The van der Waals surface area contributed by atoms with Gasteiger partial charge < -0.3 is 15.5 Å². The number of alkyl halides is 3. The number of rotatable bonds is 11. The number of amides is 1. The smallest absolute Gasteiger partial charge is 0.416 e. The lowest BCUT2D eigenvalue weighted by atomic mass is 9.92. The number of fused-ring (bicyclic) bond motifs is 1. The summed E-state index contributed by atoms with van der Waals surface area (Å²) in [4.78, 5) is 29.6. The van der Waals surface area contributed by atoms with Gasteiger partial charge in [0.15, 0.2) is 0 Å². The number of hydrogen-bond donors (Lipinski definition) is 3. The Morgan fingerprint density at radius 3 is 2.30 bits per heavy atom. The first-order valence-corrected chi connectivity index (χ1v) is 12.9. The van der Waals surface area contributed by atoms with Gasteiger partial charge in [0.25, 0.3) is 5.91 Å². The number of pyridine rings is 1. The van der Waals surface area contributed by atoms with Crippen molar-refractivity contribution in [3.05, 3.63) is 107 Å². The van der Waals surface area contributed by atoms with E-state index in [1.54, 1.807) is 35.7 Å². The summed E-state index contributed by atoms with van der Waals surface area (Å²) in [5.74, 6) is -2.49. The minimum atomic E-state index is -4.46. The van der Waals surface area contributed by atoms with Gasteiger partial charge in [0.2, 0.25) is 0 Å². The van der Waals surface area contributed by atoms with E-state index in [-0.39, 0.29) is 25.1 Å². The van der Waals surface area contributed by atoms with Crippen LogP contribution < -0.4 is 5.32 Å². The summed E-state index contributed by atoms with van der Waals surface area (Å²) in [6.45, 7) is 1.67. The second-order valence-corrected chi connectivity index (χ2v) is 9.91. The van der Waals surface area contributed by atoms with Crippen LogP contribution in [0.4, 0.5) is 13.2 Å². The van der Waals surface area contributed by atoms with Crippen LogP contribution in [-0.4, -0.2) is 44.1 Å². The van der Waals surface area contributed by atoms with Crippen molar-refractivity contribution in [3.63, 3.8) is 0 Å². The van der Waals surface area contributed by atoms with Gasteiger partial charge in [-0.05, 0) is 55.2 Å². The van der Waals surface area contributed by atoms with Crippen molar-refractivity contribution in [1.82, 2.24) is 14.7 Å². The fourth-order valence-corrected chi connectivity index (χ4v) is 4.74. The zero-order chi connectivity index (χ0) is 28.9. The summed E-state index contributed by atoms with van der Waals surface area (Å²) >= 11 is 0. The van der Waals surface area contributed by atoms with E-state index in [9.17, 15) is 33.0 Å². The van der Waals surface area contributed by atoms with E-state index in [2.05, 4.69) is 10.3 Å². The Balaban J connectivity index is 1.50. The van der Waals surface area contributed by atoms with Crippen molar-refractivity contribution < 1.29 is 33.0 Å². The molecule has 7 nitrogen and oxygen atoms in total. The number of carbonyl (C=O) groups is 2. The lowest BCUT2D eigenvalue weighted by Gasteiger charge is -2.20. The van der Waals surface area contributed by atoms with Gasteiger partial charge in [-0.25, -0.2) is 4.98 Å². The summed E-state index contributed by atoms with van der Waals surface area (Å²) in [6.07, 6.45) is -2.79. The van der Waals surface area contributed by atoms with Gasteiger partial charge in [0.1, 0.15) is 11.3 Å². The minimum Gasteiger partial charge on any atom is -0.481 e. The maximum atomic E-state index is 13.2. The van der Waals surface area contributed by atoms with Crippen LogP contribution in [0.15, 0.2) is 79.0 Å². The Labute approximate surface area is 229 Å². The van der Waals surface area contributed by atoms with E-state index < -0.39 is 41.6 Å². The topological polar surface area (TPSA) is 104 Å².